The van der Waals surface area contributed by atoms with Gasteiger partial charge in [-0.05, 0) is 38.3 Å². The molecule has 2 aliphatic heterocycles. The average molecular weight is 239 g/mol. The molecule has 1 atom stereocenters. The summed E-state index contributed by atoms with van der Waals surface area (Å²) in [5, 5.41) is 6.21. The number of likely N-dealkylation sites (tertiary alicyclic amines) is 1. The molecule has 0 aromatic carbocycles. The molecule has 5 heteroatoms. The average Bonchev–Trinajstić information content (AvgIpc) is 2.92. The molecule has 5 nitrogen and oxygen atoms in total. The fourth-order valence-corrected chi connectivity index (χ4v) is 2.48. The van der Waals surface area contributed by atoms with Gasteiger partial charge >= 0.3 is 0 Å². The summed E-state index contributed by atoms with van der Waals surface area (Å²) in [7, 11) is 0. The molecule has 0 radical (unpaired) electrons. The molecule has 2 fully saturated rings. The lowest BCUT2D eigenvalue weighted by molar-refractivity contribution is -0.133. The Morgan fingerprint density at radius 2 is 2.41 bits per heavy atom. The zero-order valence-corrected chi connectivity index (χ0v) is 10.2. The van der Waals surface area contributed by atoms with E-state index in [1.54, 1.807) is 4.90 Å². The Morgan fingerprint density at radius 1 is 1.53 bits per heavy atom. The lowest BCUT2D eigenvalue weighted by atomic mass is 10.1. The van der Waals surface area contributed by atoms with Crippen molar-refractivity contribution in [1.29, 1.82) is 0 Å². The highest BCUT2D eigenvalue weighted by molar-refractivity contribution is 5.85. The van der Waals surface area contributed by atoms with Crippen molar-refractivity contribution in [3.63, 3.8) is 0 Å². The monoisotopic (exact) mass is 239 g/mol. The van der Waals surface area contributed by atoms with Crippen LogP contribution in [-0.4, -0.2) is 49.4 Å². The van der Waals surface area contributed by atoms with Gasteiger partial charge in [0.25, 0.3) is 0 Å². The molecule has 0 aliphatic carbocycles. The second kappa shape index (κ2) is 6.00. The summed E-state index contributed by atoms with van der Waals surface area (Å²) in [5.74, 6) is 0.787. The number of hydrogen-bond acceptors (Lipinski definition) is 3. The first kappa shape index (κ1) is 12.4. The predicted octanol–water partition coefficient (Wildman–Crippen LogP) is -0.275. The van der Waals surface area contributed by atoms with Crippen LogP contribution < -0.4 is 10.6 Å². The summed E-state index contributed by atoms with van der Waals surface area (Å²) in [6.45, 7) is 3.87. The van der Waals surface area contributed by atoms with Gasteiger partial charge in [0.2, 0.25) is 11.8 Å². The van der Waals surface area contributed by atoms with Gasteiger partial charge in [0.15, 0.2) is 0 Å². The number of carbonyl (C=O) groups excluding carboxylic acids is 2. The third-order valence-corrected chi connectivity index (χ3v) is 3.54. The van der Waals surface area contributed by atoms with Crippen LogP contribution >= 0.6 is 0 Å². The van der Waals surface area contributed by atoms with Gasteiger partial charge in [-0.3, -0.25) is 9.59 Å². The number of hydrogen-bond donors (Lipinski definition) is 2. The van der Waals surface area contributed by atoms with E-state index in [1.165, 1.54) is 6.42 Å². The normalized spacial score (nSPS) is 24.4. The molecule has 0 saturated carbocycles. The van der Waals surface area contributed by atoms with Crippen molar-refractivity contribution in [3.8, 4) is 0 Å². The lowest BCUT2D eigenvalue weighted by Gasteiger charge is -2.15. The maximum absolute atomic E-state index is 11.6. The summed E-state index contributed by atoms with van der Waals surface area (Å²) in [6, 6.07) is 0. The quantitative estimate of drug-likeness (QED) is 0.694. The van der Waals surface area contributed by atoms with Crippen molar-refractivity contribution < 1.29 is 9.59 Å². The Bertz CT molecular complexity index is 287. The molecule has 2 saturated heterocycles. The maximum Gasteiger partial charge on any atom is 0.239 e. The van der Waals surface area contributed by atoms with E-state index in [9.17, 15) is 9.59 Å². The van der Waals surface area contributed by atoms with Crippen molar-refractivity contribution >= 4 is 11.8 Å². The van der Waals surface area contributed by atoms with Crippen molar-refractivity contribution in [3.05, 3.63) is 0 Å². The number of amides is 2. The van der Waals surface area contributed by atoms with Crippen LogP contribution in [-0.2, 0) is 9.59 Å². The lowest BCUT2D eigenvalue weighted by Crippen LogP contribution is -2.38. The smallest absolute Gasteiger partial charge is 0.239 e. The van der Waals surface area contributed by atoms with Gasteiger partial charge in [-0.1, -0.05) is 0 Å². The molecule has 96 valence electrons. The highest BCUT2D eigenvalue weighted by Gasteiger charge is 2.22. The van der Waals surface area contributed by atoms with Crippen LogP contribution in [0.5, 0.6) is 0 Å². The minimum atomic E-state index is -0.0220. The summed E-state index contributed by atoms with van der Waals surface area (Å²) in [6.07, 6.45) is 3.73. The molecule has 0 spiro atoms. The molecule has 2 N–H and O–H groups in total. The molecule has 2 amide bonds. The predicted molar refractivity (Wildman–Crippen MR) is 64.4 cm³/mol. The van der Waals surface area contributed by atoms with E-state index in [2.05, 4.69) is 10.6 Å². The Kier molecular flexibility index (Phi) is 4.36. The largest absolute Gasteiger partial charge is 0.355 e. The number of rotatable bonds is 5. The van der Waals surface area contributed by atoms with E-state index in [4.69, 9.17) is 0 Å². The van der Waals surface area contributed by atoms with Crippen molar-refractivity contribution in [2.24, 2.45) is 5.92 Å². The molecule has 0 bridgehead atoms. The van der Waals surface area contributed by atoms with Crippen LogP contribution in [0.1, 0.15) is 25.7 Å². The number of nitrogens with one attached hydrogen (secondary N) is 2. The van der Waals surface area contributed by atoms with Gasteiger partial charge in [-0.2, -0.15) is 0 Å². The fourth-order valence-electron chi connectivity index (χ4n) is 2.48. The topological polar surface area (TPSA) is 61.4 Å². The Hall–Kier alpha value is -1.10. The first-order valence-corrected chi connectivity index (χ1v) is 6.51. The first-order valence-electron chi connectivity index (χ1n) is 6.51. The van der Waals surface area contributed by atoms with Gasteiger partial charge in [-0.25, -0.2) is 0 Å². The van der Waals surface area contributed by atoms with Gasteiger partial charge in [0.1, 0.15) is 0 Å². The van der Waals surface area contributed by atoms with Crippen LogP contribution in [0.4, 0.5) is 0 Å². The highest BCUT2D eigenvalue weighted by atomic mass is 16.2. The summed E-state index contributed by atoms with van der Waals surface area (Å²) in [4.78, 5) is 24.6. The molecule has 0 aromatic heterocycles. The van der Waals surface area contributed by atoms with Crippen LogP contribution in [0.25, 0.3) is 0 Å². The van der Waals surface area contributed by atoms with E-state index in [-0.39, 0.29) is 18.4 Å². The van der Waals surface area contributed by atoms with Gasteiger partial charge in [0, 0.05) is 19.5 Å². The maximum atomic E-state index is 11.6. The second-order valence-electron chi connectivity index (χ2n) is 4.92. The zero-order chi connectivity index (χ0) is 12.1. The van der Waals surface area contributed by atoms with Gasteiger partial charge < -0.3 is 15.5 Å². The minimum absolute atomic E-state index is 0.0220. The van der Waals surface area contributed by atoms with Crippen LogP contribution in [0.3, 0.4) is 0 Å². The van der Waals surface area contributed by atoms with E-state index < -0.39 is 0 Å². The van der Waals surface area contributed by atoms with Crippen molar-refractivity contribution in [2.45, 2.75) is 25.7 Å². The summed E-state index contributed by atoms with van der Waals surface area (Å²) >= 11 is 0. The number of carbonyl (C=O) groups is 2. The Morgan fingerprint density at radius 3 is 3.06 bits per heavy atom. The van der Waals surface area contributed by atoms with E-state index in [0.717, 1.165) is 39.0 Å². The molecular formula is C12H21N3O2. The first-order chi connectivity index (χ1) is 8.25. The van der Waals surface area contributed by atoms with Crippen LogP contribution in [0, 0.1) is 5.92 Å². The second-order valence-corrected chi connectivity index (χ2v) is 4.92. The molecule has 2 rings (SSSR count). The molecule has 0 aromatic rings. The number of nitrogens with zero attached hydrogens (tertiary/aromatic N) is 1. The van der Waals surface area contributed by atoms with Gasteiger partial charge in [0.05, 0.1) is 6.54 Å². The molecule has 17 heavy (non-hydrogen) atoms. The zero-order valence-electron chi connectivity index (χ0n) is 10.2. The minimum Gasteiger partial charge on any atom is -0.355 e. The van der Waals surface area contributed by atoms with Gasteiger partial charge in [-0.15, -0.1) is 0 Å². The molecular weight excluding hydrogens is 218 g/mol. The highest BCUT2D eigenvalue weighted by Crippen LogP contribution is 2.11. The van der Waals surface area contributed by atoms with E-state index in [0.29, 0.717) is 12.3 Å². The standard InChI is InChI=1S/C12H21N3O2/c16-11(9-15-7-1-2-12(15)17)14-6-4-10-3-5-13-8-10/h10,13H,1-9H2,(H,14,16). The van der Waals surface area contributed by atoms with E-state index >= 15 is 0 Å². The van der Waals surface area contributed by atoms with Crippen molar-refractivity contribution in [1.82, 2.24) is 15.5 Å². The van der Waals surface area contributed by atoms with E-state index in [1.807, 2.05) is 0 Å². The summed E-state index contributed by atoms with van der Waals surface area (Å²) in [5.41, 5.74) is 0. The summed E-state index contributed by atoms with van der Waals surface area (Å²) < 4.78 is 0. The third kappa shape index (κ3) is 3.70. The SMILES string of the molecule is O=C(CN1CCCC1=O)NCCC1CCNC1. The molecule has 2 heterocycles. The third-order valence-electron chi connectivity index (χ3n) is 3.54. The Labute approximate surface area is 102 Å². The Balaban J connectivity index is 1.58. The molecule has 2 aliphatic rings. The fraction of sp³-hybridized carbons (Fsp3) is 0.833. The van der Waals surface area contributed by atoms with Crippen LogP contribution in [0.2, 0.25) is 0 Å². The van der Waals surface area contributed by atoms with Crippen LogP contribution in [0.15, 0.2) is 0 Å². The molecule has 1 unspecified atom stereocenters. The van der Waals surface area contributed by atoms with Crippen molar-refractivity contribution in [2.75, 3.05) is 32.7 Å².